The molecule has 0 aliphatic carbocycles. The van der Waals surface area contributed by atoms with Gasteiger partial charge in [-0.15, -0.1) is 0 Å². The van der Waals surface area contributed by atoms with E-state index in [-0.39, 0.29) is 5.91 Å². The Labute approximate surface area is 170 Å². The summed E-state index contributed by atoms with van der Waals surface area (Å²) in [6.07, 6.45) is 1.75. The van der Waals surface area contributed by atoms with E-state index in [0.717, 1.165) is 23.0 Å². The zero-order valence-corrected chi connectivity index (χ0v) is 16.4. The molecule has 0 unspecified atom stereocenters. The summed E-state index contributed by atoms with van der Waals surface area (Å²) in [6.45, 7) is 1.33. The van der Waals surface area contributed by atoms with Gasteiger partial charge in [-0.2, -0.15) is 0 Å². The fraction of sp³-hybridized carbons (Fsp3) is 0.120. The van der Waals surface area contributed by atoms with Crippen LogP contribution in [0.2, 0.25) is 0 Å². The smallest absolute Gasteiger partial charge is 0.251 e. The van der Waals surface area contributed by atoms with E-state index in [0.29, 0.717) is 12.1 Å². The van der Waals surface area contributed by atoms with Crippen molar-refractivity contribution >= 4 is 22.5 Å². The first-order valence-corrected chi connectivity index (χ1v) is 9.66. The van der Waals surface area contributed by atoms with Gasteiger partial charge in [0, 0.05) is 43.0 Å². The van der Waals surface area contributed by atoms with Crippen molar-refractivity contribution in [1.29, 1.82) is 0 Å². The molecular weight excluding hydrogens is 358 g/mol. The Bertz CT molecular complexity index is 1110. The lowest BCUT2D eigenvalue weighted by Gasteiger charge is -2.19. The van der Waals surface area contributed by atoms with Crippen LogP contribution in [-0.2, 0) is 13.1 Å². The number of rotatable bonds is 6. The van der Waals surface area contributed by atoms with E-state index in [2.05, 4.69) is 58.6 Å². The third kappa shape index (κ3) is 4.61. The lowest BCUT2D eigenvalue weighted by atomic mass is 10.1. The molecule has 144 valence electrons. The second-order valence-corrected chi connectivity index (χ2v) is 7.10. The lowest BCUT2D eigenvalue weighted by Crippen LogP contribution is -2.22. The number of carbonyl (C=O) groups excluding carboxylic acids is 1. The second-order valence-electron chi connectivity index (χ2n) is 7.10. The van der Waals surface area contributed by atoms with Gasteiger partial charge in [0.05, 0.1) is 5.52 Å². The summed E-state index contributed by atoms with van der Waals surface area (Å²) in [5, 5.41) is 3.96. The summed E-state index contributed by atoms with van der Waals surface area (Å²) in [5.41, 5.74) is 5.03. The number of fused-ring (bicyclic) bond motifs is 1. The fourth-order valence-electron chi connectivity index (χ4n) is 3.31. The van der Waals surface area contributed by atoms with Crippen molar-refractivity contribution in [2.45, 2.75) is 13.1 Å². The average Bonchev–Trinajstić information content (AvgIpc) is 2.78. The molecule has 29 heavy (non-hydrogen) atoms. The molecule has 0 saturated carbocycles. The normalized spacial score (nSPS) is 10.7. The maximum Gasteiger partial charge on any atom is 0.251 e. The van der Waals surface area contributed by atoms with E-state index in [1.807, 2.05) is 48.5 Å². The second kappa shape index (κ2) is 8.57. The molecule has 4 nitrogen and oxygen atoms in total. The summed E-state index contributed by atoms with van der Waals surface area (Å²) in [4.78, 5) is 19.0. The lowest BCUT2D eigenvalue weighted by molar-refractivity contribution is 0.0951. The van der Waals surface area contributed by atoms with E-state index >= 15 is 0 Å². The third-order valence-corrected chi connectivity index (χ3v) is 4.96. The van der Waals surface area contributed by atoms with Crippen LogP contribution in [0.25, 0.3) is 10.9 Å². The quantitative estimate of drug-likeness (QED) is 0.522. The predicted octanol–water partition coefficient (Wildman–Crippen LogP) is 4.80. The van der Waals surface area contributed by atoms with Crippen LogP contribution in [0.5, 0.6) is 0 Å². The van der Waals surface area contributed by atoms with Crippen molar-refractivity contribution in [2.75, 3.05) is 11.9 Å². The zero-order chi connectivity index (χ0) is 20.1. The molecule has 4 aromatic rings. The van der Waals surface area contributed by atoms with Gasteiger partial charge in [-0.1, -0.05) is 48.5 Å². The summed E-state index contributed by atoms with van der Waals surface area (Å²) in [6, 6.07) is 28.1. The molecule has 0 fully saturated rings. The van der Waals surface area contributed by atoms with E-state index in [4.69, 9.17) is 0 Å². The summed E-state index contributed by atoms with van der Waals surface area (Å²) in [5.74, 6) is -0.0800. The van der Waals surface area contributed by atoms with Gasteiger partial charge < -0.3 is 10.2 Å². The minimum Gasteiger partial charge on any atom is -0.370 e. The van der Waals surface area contributed by atoms with Crippen LogP contribution in [-0.4, -0.2) is 17.9 Å². The molecule has 1 amide bonds. The van der Waals surface area contributed by atoms with Gasteiger partial charge in [-0.25, -0.2) is 0 Å². The van der Waals surface area contributed by atoms with E-state index in [1.165, 1.54) is 11.3 Å². The standard InChI is InChI=1S/C25H23N3O/c1-28(23-7-3-2-4-8-23)18-20-11-9-19(10-12-20)17-27-25(29)22-13-14-24-21(16-22)6-5-15-26-24/h2-16H,17-18H2,1H3,(H,27,29). The van der Waals surface area contributed by atoms with Gasteiger partial charge in [-0.3, -0.25) is 9.78 Å². The molecule has 4 heteroatoms. The maximum absolute atomic E-state index is 12.5. The van der Waals surface area contributed by atoms with Gasteiger partial charge in [0.2, 0.25) is 0 Å². The van der Waals surface area contributed by atoms with E-state index < -0.39 is 0 Å². The van der Waals surface area contributed by atoms with Crippen LogP contribution in [0.4, 0.5) is 5.69 Å². The number of benzene rings is 3. The van der Waals surface area contributed by atoms with Gasteiger partial charge in [0.1, 0.15) is 0 Å². The minimum absolute atomic E-state index is 0.0800. The predicted molar refractivity (Wildman–Crippen MR) is 118 cm³/mol. The number of anilines is 1. The number of amides is 1. The molecule has 4 rings (SSSR count). The van der Waals surface area contributed by atoms with E-state index in [9.17, 15) is 4.79 Å². The highest BCUT2D eigenvalue weighted by Gasteiger charge is 2.07. The van der Waals surface area contributed by atoms with Crippen LogP contribution >= 0.6 is 0 Å². The number of aromatic nitrogens is 1. The number of para-hydroxylation sites is 1. The average molecular weight is 381 g/mol. The number of nitrogens with zero attached hydrogens (tertiary/aromatic N) is 2. The third-order valence-electron chi connectivity index (χ3n) is 4.96. The molecule has 1 heterocycles. The van der Waals surface area contributed by atoms with Crippen LogP contribution in [0.1, 0.15) is 21.5 Å². The molecule has 0 aliphatic heterocycles. The zero-order valence-electron chi connectivity index (χ0n) is 16.4. The Hall–Kier alpha value is -3.66. The number of carbonyl (C=O) groups is 1. The first kappa shape index (κ1) is 18.7. The molecule has 0 aliphatic rings. The van der Waals surface area contributed by atoms with Gasteiger partial charge >= 0.3 is 0 Å². The number of pyridine rings is 1. The minimum atomic E-state index is -0.0800. The van der Waals surface area contributed by atoms with Crippen molar-refractivity contribution < 1.29 is 4.79 Å². The maximum atomic E-state index is 12.5. The molecule has 0 atom stereocenters. The van der Waals surface area contributed by atoms with Gasteiger partial charge in [0.25, 0.3) is 5.91 Å². The molecule has 0 radical (unpaired) electrons. The highest BCUT2D eigenvalue weighted by molar-refractivity contribution is 5.97. The number of nitrogens with one attached hydrogen (secondary N) is 1. The van der Waals surface area contributed by atoms with Crippen LogP contribution in [0.15, 0.2) is 91.1 Å². The van der Waals surface area contributed by atoms with Crippen molar-refractivity contribution in [3.8, 4) is 0 Å². The Balaban J connectivity index is 1.35. The largest absolute Gasteiger partial charge is 0.370 e. The first-order chi connectivity index (χ1) is 14.2. The van der Waals surface area contributed by atoms with Crippen LogP contribution in [0, 0.1) is 0 Å². The number of hydrogen-bond acceptors (Lipinski definition) is 3. The van der Waals surface area contributed by atoms with Gasteiger partial charge in [0.15, 0.2) is 0 Å². The van der Waals surface area contributed by atoms with Crippen molar-refractivity contribution in [1.82, 2.24) is 10.3 Å². The van der Waals surface area contributed by atoms with Crippen molar-refractivity contribution in [3.05, 3.63) is 108 Å². The summed E-state index contributed by atoms with van der Waals surface area (Å²) < 4.78 is 0. The highest BCUT2D eigenvalue weighted by atomic mass is 16.1. The SMILES string of the molecule is CN(Cc1ccc(CNC(=O)c2ccc3ncccc3c2)cc1)c1ccccc1. The molecule has 1 N–H and O–H groups in total. The topological polar surface area (TPSA) is 45.2 Å². The Morgan fingerprint density at radius 2 is 1.66 bits per heavy atom. The van der Waals surface area contributed by atoms with Crippen molar-refractivity contribution in [3.63, 3.8) is 0 Å². The molecule has 0 spiro atoms. The molecular formula is C25H23N3O. The van der Waals surface area contributed by atoms with Gasteiger partial charge in [-0.05, 0) is 47.5 Å². The molecule has 0 saturated heterocycles. The summed E-state index contributed by atoms with van der Waals surface area (Å²) in [7, 11) is 2.09. The first-order valence-electron chi connectivity index (χ1n) is 9.66. The van der Waals surface area contributed by atoms with E-state index in [1.54, 1.807) is 6.20 Å². The summed E-state index contributed by atoms with van der Waals surface area (Å²) >= 11 is 0. The monoisotopic (exact) mass is 381 g/mol. The Morgan fingerprint density at radius 1 is 0.897 bits per heavy atom. The van der Waals surface area contributed by atoms with Crippen molar-refractivity contribution in [2.24, 2.45) is 0 Å². The Morgan fingerprint density at radius 3 is 2.45 bits per heavy atom. The highest BCUT2D eigenvalue weighted by Crippen LogP contribution is 2.16. The molecule has 0 bridgehead atoms. The van der Waals surface area contributed by atoms with Crippen LogP contribution < -0.4 is 10.2 Å². The number of hydrogen-bond donors (Lipinski definition) is 1. The Kier molecular flexibility index (Phi) is 5.52. The fourth-order valence-corrected chi connectivity index (χ4v) is 3.31. The molecule has 1 aromatic heterocycles. The molecule has 3 aromatic carbocycles. The van der Waals surface area contributed by atoms with Crippen LogP contribution in [0.3, 0.4) is 0 Å².